The summed E-state index contributed by atoms with van der Waals surface area (Å²) in [5, 5.41) is 0.774. The Labute approximate surface area is 112 Å². The number of hydrogen-bond donors (Lipinski definition) is 0. The van der Waals surface area contributed by atoms with Gasteiger partial charge in [-0.25, -0.2) is 0 Å². The first-order valence-electron chi connectivity index (χ1n) is 5.84. The lowest BCUT2D eigenvalue weighted by atomic mass is 10.2. The molecule has 0 radical (unpaired) electrons. The van der Waals surface area contributed by atoms with E-state index < -0.39 is 0 Å². The smallest absolute Gasteiger partial charge is 0.0727 e. The van der Waals surface area contributed by atoms with E-state index in [9.17, 15) is 0 Å². The van der Waals surface area contributed by atoms with Gasteiger partial charge in [0, 0.05) is 30.5 Å². The Balaban J connectivity index is 1.96. The van der Waals surface area contributed by atoms with Gasteiger partial charge in [0.15, 0.2) is 0 Å². The van der Waals surface area contributed by atoms with E-state index in [0.717, 1.165) is 29.5 Å². The third kappa shape index (κ3) is 3.79. The van der Waals surface area contributed by atoms with Gasteiger partial charge in [-0.1, -0.05) is 23.7 Å². The summed E-state index contributed by atoms with van der Waals surface area (Å²) >= 11 is 5.97. The van der Waals surface area contributed by atoms with Gasteiger partial charge >= 0.3 is 0 Å². The van der Waals surface area contributed by atoms with Gasteiger partial charge in [0.2, 0.25) is 0 Å². The minimum absolute atomic E-state index is 0.774. The van der Waals surface area contributed by atoms with E-state index in [1.165, 1.54) is 5.56 Å². The van der Waals surface area contributed by atoms with Crippen molar-refractivity contribution in [2.45, 2.75) is 20.0 Å². The van der Waals surface area contributed by atoms with Crippen molar-refractivity contribution in [1.29, 1.82) is 0 Å². The van der Waals surface area contributed by atoms with E-state index in [2.05, 4.69) is 28.0 Å². The number of aromatic nitrogens is 2. The Morgan fingerprint density at radius 3 is 2.67 bits per heavy atom. The Kier molecular flexibility index (Phi) is 4.28. The standard InChI is InChI=1S/C14H16ClN3/c1-11-7-17-14(8-16-11)10-18(2)9-12-4-3-5-13(15)6-12/h3-8H,9-10H2,1-2H3. The zero-order chi connectivity index (χ0) is 13.0. The molecule has 0 aliphatic rings. The topological polar surface area (TPSA) is 29.0 Å². The van der Waals surface area contributed by atoms with Crippen LogP contribution in [0.5, 0.6) is 0 Å². The number of hydrogen-bond acceptors (Lipinski definition) is 3. The molecule has 0 bridgehead atoms. The van der Waals surface area contributed by atoms with Gasteiger partial charge in [0.1, 0.15) is 0 Å². The molecule has 18 heavy (non-hydrogen) atoms. The quantitative estimate of drug-likeness (QED) is 0.847. The van der Waals surface area contributed by atoms with Gasteiger partial charge < -0.3 is 0 Å². The van der Waals surface area contributed by atoms with Crippen molar-refractivity contribution >= 4 is 11.6 Å². The first-order valence-corrected chi connectivity index (χ1v) is 6.22. The predicted molar refractivity (Wildman–Crippen MR) is 73.4 cm³/mol. The van der Waals surface area contributed by atoms with Crippen molar-refractivity contribution in [3.8, 4) is 0 Å². The number of nitrogens with zero attached hydrogens (tertiary/aromatic N) is 3. The molecule has 4 heteroatoms. The summed E-state index contributed by atoms with van der Waals surface area (Å²) in [6, 6.07) is 7.91. The van der Waals surface area contributed by atoms with E-state index in [-0.39, 0.29) is 0 Å². The lowest BCUT2D eigenvalue weighted by molar-refractivity contribution is 0.314. The molecule has 0 spiro atoms. The third-order valence-electron chi connectivity index (χ3n) is 2.61. The zero-order valence-corrected chi connectivity index (χ0v) is 11.4. The van der Waals surface area contributed by atoms with Crippen molar-refractivity contribution in [3.63, 3.8) is 0 Å². The van der Waals surface area contributed by atoms with Gasteiger partial charge in [0.05, 0.1) is 11.4 Å². The molecular weight excluding hydrogens is 246 g/mol. The molecule has 0 unspecified atom stereocenters. The zero-order valence-electron chi connectivity index (χ0n) is 10.6. The van der Waals surface area contributed by atoms with Gasteiger partial charge in [-0.2, -0.15) is 0 Å². The van der Waals surface area contributed by atoms with Crippen LogP contribution in [0.2, 0.25) is 5.02 Å². The maximum atomic E-state index is 5.97. The molecule has 0 fully saturated rings. The fourth-order valence-corrected chi connectivity index (χ4v) is 1.99. The van der Waals surface area contributed by atoms with Crippen LogP contribution in [0.15, 0.2) is 36.7 Å². The average Bonchev–Trinajstić information content (AvgIpc) is 2.32. The van der Waals surface area contributed by atoms with Crippen molar-refractivity contribution < 1.29 is 0 Å². The second kappa shape index (κ2) is 5.94. The highest BCUT2D eigenvalue weighted by Crippen LogP contribution is 2.12. The molecule has 94 valence electrons. The van der Waals surface area contributed by atoms with Crippen LogP contribution in [0.4, 0.5) is 0 Å². The van der Waals surface area contributed by atoms with E-state index in [0.29, 0.717) is 0 Å². The normalized spacial score (nSPS) is 10.9. The van der Waals surface area contributed by atoms with Crippen LogP contribution in [0.3, 0.4) is 0 Å². The van der Waals surface area contributed by atoms with Crippen LogP contribution < -0.4 is 0 Å². The minimum atomic E-state index is 0.774. The highest BCUT2D eigenvalue weighted by atomic mass is 35.5. The molecule has 0 amide bonds. The molecule has 1 aromatic carbocycles. The fraction of sp³-hybridized carbons (Fsp3) is 0.286. The Hall–Kier alpha value is -1.45. The number of rotatable bonds is 4. The monoisotopic (exact) mass is 261 g/mol. The highest BCUT2D eigenvalue weighted by molar-refractivity contribution is 6.30. The summed E-state index contributed by atoms with van der Waals surface area (Å²) in [6.45, 7) is 3.56. The summed E-state index contributed by atoms with van der Waals surface area (Å²) in [5.74, 6) is 0. The number of aryl methyl sites for hydroxylation is 1. The fourth-order valence-electron chi connectivity index (χ4n) is 1.78. The molecule has 0 aliphatic carbocycles. The van der Waals surface area contributed by atoms with Crippen LogP contribution >= 0.6 is 11.6 Å². The molecule has 1 heterocycles. The highest BCUT2D eigenvalue weighted by Gasteiger charge is 2.03. The second-order valence-corrected chi connectivity index (χ2v) is 4.89. The lowest BCUT2D eigenvalue weighted by Gasteiger charge is -2.16. The minimum Gasteiger partial charge on any atom is -0.296 e. The first-order chi connectivity index (χ1) is 8.63. The maximum absolute atomic E-state index is 5.97. The van der Waals surface area contributed by atoms with E-state index in [1.54, 1.807) is 6.20 Å². The molecule has 1 aromatic heterocycles. The van der Waals surface area contributed by atoms with Gasteiger partial charge in [-0.05, 0) is 31.7 Å². The summed E-state index contributed by atoms with van der Waals surface area (Å²) in [6.07, 6.45) is 3.62. The average molecular weight is 262 g/mol. The van der Waals surface area contributed by atoms with Crippen molar-refractivity contribution in [2.24, 2.45) is 0 Å². The molecule has 0 N–H and O–H groups in total. The third-order valence-corrected chi connectivity index (χ3v) is 2.84. The molecule has 3 nitrogen and oxygen atoms in total. The van der Waals surface area contributed by atoms with Gasteiger partial charge in [-0.3, -0.25) is 14.9 Å². The molecule has 0 saturated carbocycles. The first kappa shape index (κ1) is 13.0. The van der Waals surface area contributed by atoms with E-state index >= 15 is 0 Å². The Morgan fingerprint density at radius 1 is 1.17 bits per heavy atom. The van der Waals surface area contributed by atoms with Crippen molar-refractivity contribution in [1.82, 2.24) is 14.9 Å². The Bertz CT molecular complexity index is 511. The summed E-state index contributed by atoms with van der Waals surface area (Å²) in [7, 11) is 2.06. The van der Waals surface area contributed by atoms with Gasteiger partial charge in [0.25, 0.3) is 0 Å². The van der Waals surface area contributed by atoms with Crippen LogP contribution in [0.25, 0.3) is 0 Å². The number of benzene rings is 1. The van der Waals surface area contributed by atoms with Crippen molar-refractivity contribution in [2.75, 3.05) is 7.05 Å². The Morgan fingerprint density at radius 2 is 2.00 bits per heavy atom. The summed E-state index contributed by atoms with van der Waals surface area (Å²) < 4.78 is 0. The maximum Gasteiger partial charge on any atom is 0.0727 e. The molecule has 0 atom stereocenters. The molecule has 0 aliphatic heterocycles. The second-order valence-electron chi connectivity index (χ2n) is 4.45. The lowest BCUT2D eigenvalue weighted by Crippen LogP contribution is -2.18. The van der Waals surface area contributed by atoms with Crippen LogP contribution in [-0.2, 0) is 13.1 Å². The van der Waals surface area contributed by atoms with Gasteiger partial charge in [-0.15, -0.1) is 0 Å². The van der Waals surface area contributed by atoms with E-state index in [1.807, 2.05) is 31.3 Å². The van der Waals surface area contributed by atoms with Crippen molar-refractivity contribution in [3.05, 3.63) is 58.6 Å². The summed E-state index contributed by atoms with van der Waals surface area (Å²) in [5.41, 5.74) is 3.12. The van der Waals surface area contributed by atoms with Crippen LogP contribution in [0.1, 0.15) is 17.0 Å². The summed E-state index contributed by atoms with van der Waals surface area (Å²) in [4.78, 5) is 10.8. The largest absolute Gasteiger partial charge is 0.296 e. The molecule has 2 rings (SSSR count). The molecular formula is C14H16ClN3. The van der Waals surface area contributed by atoms with Crippen LogP contribution in [0, 0.1) is 6.92 Å². The molecule has 0 saturated heterocycles. The number of halogens is 1. The SMILES string of the molecule is Cc1cnc(CN(C)Cc2cccc(Cl)c2)cn1. The predicted octanol–water partition coefficient (Wildman–Crippen LogP) is 3.07. The van der Waals surface area contributed by atoms with Crippen LogP contribution in [-0.4, -0.2) is 21.9 Å². The molecule has 2 aromatic rings. The van der Waals surface area contributed by atoms with E-state index in [4.69, 9.17) is 11.6 Å².